The molecule has 23 heavy (non-hydrogen) atoms. The molecule has 5 nitrogen and oxygen atoms in total. The standard InChI is InChI=1S/C16H19NO4S2/c1-20-15-6-5-14(9-16(15)21-2)23(18,19)17(13-3-4-13)10-12-7-8-22-11-12/h5-9,11,13H,3-4,10H2,1-2H3. The third-order valence-electron chi connectivity index (χ3n) is 3.83. The quantitative estimate of drug-likeness (QED) is 0.767. The summed E-state index contributed by atoms with van der Waals surface area (Å²) in [5, 5.41) is 3.95. The smallest absolute Gasteiger partial charge is 0.243 e. The molecule has 0 saturated heterocycles. The molecule has 1 heterocycles. The molecule has 1 saturated carbocycles. The molecule has 1 aliphatic carbocycles. The molecule has 1 fully saturated rings. The van der Waals surface area contributed by atoms with Gasteiger partial charge in [0, 0.05) is 18.7 Å². The van der Waals surface area contributed by atoms with Crippen LogP contribution in [0.2, 0.25) is 0 Å². The summed E-state index contributed by atoms with van der Waals surface area (Å²) in [5.74, 6) is 0.933. The molecule has 0 N–H and O–H groups in total. The Bertz CT molecular complexity index is 767. The van der Waals surface area contributed by atoms with Crippen molar-refractivity contribution in [2.45, 2.75) is 30.3 Å². The number of nitrogens with zero attached hydrogens (tertiary/aromatic N) is 1. The Balaban J connectivity index is 1.95. The van der Waals surface area contributed by atoms with E-state index in [2.05, 4.69) is 0 Å². The predicted molar refractivity (Wildman–Crippen MR) is 89.6 cm³/mol. The summed E-state index contributed by atoms with van der Waals surface area (Å²) in [6.45, 7) is 0.408. The Kier molecular flexibility index (Phi) is 4.61. The fraction of sp³-hybridized carbons (Fsp3) is 0.375. The van der Waals surface area contributed by atoms with Crippen molar-refractivity contribution in [3.8, 4) is 11.5 Å². The number of rotatable bonds is 7. The predicted octanol–water partition coefficient (Wildman–Crippen LogP) is 3.12. The first kappa shape index (κ1) is 16.3. The minimum absolute atomic E-state index is 0.0907. The molecule has 1 aromatic carbocycles. The normalized spacial score (nSPS) is 14.9. The lowest BCUT2D eigenvalue weighted by Crippen LogP contribution is -2.32. The van der Waals surface area contributed by atoms with Crippen molar-refractivity contribution in [3.63, 3.8) is 0 Å². The average molecular weight is 353 g/mol. The van der Waals surface area contributed by atoms with Crippen LogP contribution in [-0.4, -0.2) is 33.0 Å². The van der Waals surface area contributed by atoms with Crippen LogP contribution in [0.5, 0.6) is 11.5 Å². The fourth-order valence-electron chi connectivity index (χ4n) is 2.45. The second-order valence-electron chi connectivity index (χ2n) is 5.43. The van der Waals surface area contributed by atoms with Crippen LogP contribution in [-0.2, 0) is 16.6 Å². The summed E-state index contributed by atoms with van der Waals surface area (Å²) in [6.07, 6.45) is 1.83. The Labute approximate surface area is 140 Å². The number of methoxy groups -OCH3 is 2. The van der Waals surface area contributed by atoms with E-state index in [4.69, 9.17) is 9.47 Å². The van der Waals surface area contributed by atoms with Gasteiger partial charge < -0.3 is 9.47 Å². The van der Waals surface area contributed by atoms with Gasteiger partial charge >= 0.3 is 0 Å². The van der Waals surface area contributed by atoms with E-state index < -0.39 is 10.0 Å². The van der Waals surface area contributed by atoms with Crippen LogP contribution in [0, 0.1) is 0 Å². The zero-order chi connectivity index (χ0) is 16.4. The highest BCUT2D eigenvalue weighted by atomic mass is 32.2. The van der Waals surface area contributed by atoms with Crippen molar-refractivity contribution in [2.24, 2.45) is 0 Å². The number of hydrogen-bond acceptors (Lipinski definition) is 5. The molecule has 1 aliphatic rings. The van der Waals surface area contributed by atoms with Crippen molar-refractivity contribution in [1.29, 1.82) is 0 Å². The fourth-order valence-corrected chi connectivity index (χ4v) is 4.80. The molecule has 0 unspecified atom stereocenters. The maximum Gasteiger partial charge on any atom is 0.243 e. The third kappa shape index (κ3) is 3.36. The highest BCUT2D eigenvalue weighted by Crippen LogP contribution is 2.36. The molecule has 0 aliphatic heterocycles. The highest BCUT2D eigenvalue weighted by molar-refractivity contribution is 7.89. The van der Waals surface area contributed by atoms with Gasteiger partial charge in [-0.25, -0.2) is 8.42 Å². The number of ether oxygens (including phenoxy) is 2. The average Bonchev–Trinajstić information content (AvgIpc) is 3.27. The second kappa shape index (κ2) is 6.51. The zero-order valence-corrected chi connectivity index (χ0v) is 14.7. The van der Waals surface area contributed by atoms with Gasteiger partial charge in [0.15, 0.2) is 11.5 Å². The van der Waals surface area contributed by atoms with Crippen LogP contribution >= 0.6 is 11.3 Å². The van der Waals surface area contributed by atoms with Gasteiger partial charge in [0.05, 0.1) is 19.1 Å². The lowest BCUT2D eigenvalue weighted by atomic mass is 10.3. The lowest BCUT2D eigenvalue weighted by molar-refractivity contribution is 0.353. The summed E-state index contributed by atoms with van der Waals surface area (Å²) in [4.78, 5) is 0.234. The number of benzene rings is 1. The van der Waals surface area contributed by atoms with E-state index in [1.807, 2.05) is 16.8 Å². The summed E-state index contributed by atoms with van der Waals surface area (Å²) in [6, 6.07) is 6.77. The molecule has 0 atom stereocenters. The second-order valence-corrected chi connectivity index (χ2v) is 8.10. The van der Waals surface area contributed by atoms with Gasteiger partial charge in [-0.2, -0.15) is 15.6 Å². The van der Waals surface area contributed by atoms with E-state index in [1.165, 1.54) is 20.3 Å². The Morgan fingerprint density at radius 2 is 1.91 bits per heavy atom. The van der Waals surface area contributed by atoms with Gasteiger partial charge in [0.2, 0.25) is 10.0 Å². The first-order valence-corrected chi connectivity index (χ1v) is 9.69. The molecule has 1 aromatic heterocycles. The van der Waals surface area contributed by atoms with Crippen LogP contribution in [0.15, 0.2) is 39.9 Å². The molecular formula is C16H19NO4S2. The molecule has 0 bridgehead atoms. The molecular weight excluding hydrogens is 334 g/mol. The molecule has 3 rings (SSSR count). The van der Waals surface area contributed by atoms with Gasteiger partial charge in [-0.15, -0.1) is 0 Å². The summed E-state index contributed by atoms with van der Waals surface area (Å²) >= 11 is 1.57. The van der Waals surface area contributed by atoms with E-state index in [9.17, 15) is 8.42 Å². The molecule has 7 heteroatoms. The van der Waals surface area contributed by atoms with Crippen LogP contribution in [0.25, 0.3) is 0 Å². The number of hydrogen-bond donors (Lipinski definition) is 0. The zero-order valence-electron chi connectivity index (χ0n) is 13.1. The molecule has 0 radical (unpaired) electrons. The Morgan fingerprint density at radius 1 is 1.17 bits per heavy atom. The van der Waals surface area contributed by atoms with Gasteiger partial charge in [0.1, 0.15) is 0 Å². The van der Waals surface area contributed by atoms with Crippen LogP contribution < -0.4 is 9.47 Å². The minimum atomic E-state index is -3.57. The van der Waals surface area contributed by atoms with Gasteiger partial charge in [0.25, 0.3) is 0 Å². The van der Waals surface area contributed by atoms with E-state index in [-0.39, 0.29) is 10.9 Å². The van der Waals surface area contributed by atoms with E-state index in [0.717, 1.165) is 18.4 Å². The van der Waals surface area contributed by atoms with Gasteiger partial charge in [-0.3, -0.25) is 0 Å². The number of sulfonamides is 1. The first-order valence-electron chi connectivity index (χ1n) is 7.31. The molecule has 124 valence electrons. The first-order chi connectivity index (χ1) is 11.1. The Hall–Kier alpha value is -1.57. The minimum Gasteiger partial charge on any atom is -0.493 e. The van der Waals surface area contributed by atoms with Crippen molar-refractivity contribution in [1.82, 2.24) is 4.31 Å². The Morgan fingerprint density at radius 3 is 2.48 bits per heavy atom. The SMILES string of the molecule is COc1ccc(S(=O)(=O)N(Cc2ccsc2)C2CC2)cc1OC. The van der Waals surface area contributed by atoms with Crippen LogP contribution in [0.3, 0.4) is 0 Å². The largest absolute Gasteiger partial charge is 0.493 e. The van der Waals surface area contributed by atoms with Crippen molar-refractivity contribution in [3.05, 3.63) is 40.6 Å². The van der Waals surface area contributed by atoms with Crippen LogP contribution in [0.1, 0.15) is 18.4 Å². The third-order valence-corrected chi connectivity index (χ3v) is 6.46. The van der Waals surface area contributed by atoms with Crippen molar-refractivity contribution < 1.29 is 17.9 Å². The van der Waals surface area contributed by atoms with Crippen molar-refractivity contribution >= 4 is 21.4 Å². The monoisotopic (exact) mass is 353 g/mol. The summed E-state index contributed by atoms with van der Waals surface area (Å²) in [5.41, 5.74) is 1.02. The van der Waals surface area contributed by atoms with E-state index in [1.54, 1.807) is 27.8 Å². The van der Waals surface area contributed by atoms with Crippen LogP contribution in [0.4, 0.5) is 0 Å². The van der Waals surface area contributed by atoms with Gasteiger partial charge in [-0.1, -0.05) is 0 Å². The molecule has 0 spiro atoms. The van der Waals surface area contributed by atoms with E-state index in [0.29, 0.717) is 18.0 Å². The van der Waals surface area contributed by atoms with Crippen molar-refractivity contribution in [2.75, 3.05) is 14.2 Å². The maximum atomic E-state index is 13.0. The summed E-state index contributed by atoms with van der Waals surface area (Å²) in [7, 11) is -0.544. The van der Waals surface area contributed by atoms with E-state index >= 15 is 0 Å². The topological polar surface area (TPSA) is 55.8 Å². The summed E-state index contributed by atoms with van der Waals surface area (Å²) < 4.78 is 38.1. The molecule has 0 amide bonds. The number of thiophene rings is 1. The van der Waals surface area contributed by atoms with Gasteiger partial charge in [-0.05, 0) is 47.4 Å². The maximum absolute atomic E-state index is 13.0. The lowest BCUT2D eigenvalue weighted by Gasteiger charge is -2.22. The highest BCUT2D eigenvalue weighted by Gasteiger charge is 2.38. The molecule has 2 aromatic rings.